The van der Waals surface area contributed by atoms with Gasteiger partial charge in [-0.05, 0) is 24.3 Å². The first-order valence-corrected chi connectivity index (χ1v) is 8.27. The number of nitrogens with zero attached hydrogens (tertiary/aromatic N) is 4. The minimum Gasteiger partial charge on any atom is -0.497 e. The smallest absolute Gasteiger partial charge is 0.353 e. The van der Waals surface area contributed by atoms with Crippen molar-refractivity contribution in [1.29, 1.82) is 0 Å². The molecule has 1 aliphatic heterocycles. The van der Waals surface area contributed by atoms with Crippen molar-refractivity contribution >= 4 is 29.0 Å². The van der Waals surface area contributed by atoms with E-state index < -0.39 is 4.92 Å². The zero-order valence-electron chi connectivity index (χ0n) is 14.7. The van der Waals surface area contributed by atoms with Gasteiger partial charge in [0.1, 0.15) is 5.75 Å². The largest absolute Gasteiger partial charge is 0.497 e. The lowest BCUT2D eigenvalue weighted by Gasteiger charge is -2.30. The highest BCUT2D eigenvalue weighted by Gasteiger charge is 2.27. The van der Waals surface area contributed by atoms with Gasteiger partial charge >= 0.3 is 5.69 Å². The standard InChI is InChI=1S/C16H21N7O3/c1-21-7-9-22(10-8-21)16-19-14(17)13(23(24)25)15(20-16)18-11-3-5-12(26-2)6-4-11/h3-6H,7-10H2,1-2H3,(H3,17,18,19,20)/p+1. The molecule has 0 spiro atoms. The summed E-state index contributed by atoms with van der Waals surface area (Å²) in [5.41, 5.74) is 6.18. The number of likely N-dealkylation sites (N-methyl/N-ethyl adjacent to an activating group) is 1. The van der Waals surface area contributed by atoms with Gasteiger partial charge in [-0.2, -0.15) is 9.97 Å². The second kappa shape index (κ2) is 7.40. The van der Waals surface area contributed by atoms with Gasteiger partial charge in [0, 0.05) is 5.69 Å². The van der Waals surface area contributed by atoms with Gasteiger partial charge in [0.25, 0.3) is 0 Å². The van der Waals surface area contributed by atoms with E-state index >= 15 is 0 Å². The molecule has 0 atom stereocenters. The predicted octanol–water partition coefficient (Wildman–Crippen LogP) is 0.0539. The molecule has 0 amide bonds. The van der Waals surface area contributed by atoms with E-state index in [0.29, 0.717) is 17.4 Å². The minimum atomic E-state index is -0.570. The number of aromatic nitrogens is 2. The molecule has 10 heteroatoms. The van der Waals surface area contributed by atoms with E-state index in [9.17, 15) is 10.1 Å². The van der Waals surface area contributed by atoms with Crippen molar-refractivity contribution in [3.05, 3.63) is 34.4 Å². The fourth-order valence-electron chi connectivity index (χ4n) is 2.77. The van der Waals surface area contributed by atoms with Crippen LogP contribution >= 0.6 is 0 Å². The van der Waals surface area contributed by atoms with Crippen molar-refractivity contribution in [2.75, 3.05) is 56.3 Å². The molecule has 0 radical (unpaired) electrons. The molecule has 0 bridgehead atoms. The van der Waals surface area contributed by atoms with E-state index in [-0.39, 0.29) is 17.3 Å². The monoisotopic (exact) mass is 360 g/mol. The third-order valence-electron chi connectivity index (χ3n) is 4.33. The molecule has 26 heavy (non-hydrogen) atoms. The molecule has 0 aliphatic carbocycles. The number of nitrogens with two attached hydrogens (primary N) is 1. The van der Waals surface area contributed by atoms with Crippen LogP contribution < -0.4 is 25.6 Å². The van der Waals surface area contributed by atoms with Crippen molar-refractivity contribution in [3.63, 3.8) is 0 Å². The lowest BCUT2D eigenvalue weighted by atomic mass is 10.3. The number of quaternary nitrogens is 1. The maximum absolute atomic E-state index is 11.4. The van der Waals surface area contributed by atoms with Crippen LogP contribution in [0.4, 0.5) is 29.0 Å². The Hall–Kier alpha value is -3.14. The Morgan fingerprint density at radius 3 is 2.50 bits per heavy atom. The Morgan fingerprint density at radius 2 is 1.92 bits per heavy atom. The molecule has 0 saturated carbocycles. The zero-order valence-corrected chi connectivity index (χ0v) is 14.7. The Morgan fingerprint density at radius 1 is 1.27 bits per heavy atom. The summed E-state index contributed by atoms with van der Waals surface area (Å²) in [6.45, 7) is 3.43. The fraction of sp³-hybridized carbons (Fsp3) is 0.375. The van der Waals surface area contributed by atoms with Gasteiger partial charge in [-0.3, -0.25) is 10.1 Å². The van der Waals surface area contributed by atoms with Crippen LogP contribution in [0.2, 0.25) is 0 Å². The minimum absolute atomic E-state index is 0.0777. The van der Waals surface area contributed by atoms with Crippen LogP contribution in [0.5, 0.6) is 5.75 Å². The van der Waals surface area contributed by atoms with Gasteiger partial charge in [0.2, 0.25) is 17.6 Å². The van der Waals surface area contributed by atoms with E-state index in [0.717, 1.165) is 26.2 Å². The zero-order chi connectivity index (χ0) is 18.7. The van der Waals surface area contributed by atoms with Crippen LogP contribution in [0.15, 0.2) is 24.3 Å². The summed E-state index contributed by atoms with van der Waals surface area (Å²) >= 11 is 0. The van der Waals surface area contributed by atoms with Crippen LogP contribution in [0.25, 0.3) is 0 Å². The highest BCUT2D eigenvalue weighted by molar-refractivity contribution is 5.74. The number of nitrogens with one attached hydrogen (secondary N) is 2. The first kappa shape index (κ1) is 17.7. The maximum atomic E-state index is 11.4. The average Bonchev–Trinajstić information content (AvgIpc) is 2.62. The molecule has 1 aliphatic rings. The molecule has 1 aromatic carbocycles. The van der Waals surface area contributed by atoms with Crippen molar-refractivity contribution in [1.82, 2.24) is 9.97 Å². The number of hydrogen-bond acceptors (Lipinski definition) is 8. The first-order chi connectivity index (χ1) is 12.5. The molecule has 3 rings (SSSR count). The summed E-state index contributed by atoms with van der Waals surface area (Å²) in [4.78, 5) is 22.8. The normalized spacial score (nSPS) is 14.9. The summed E-state index contributed by atoms with van der Waals surface area (Å²) in [5, 5.41) is 14.4. The SMILES string of the molecule is COc1ccc(Nc2nc(N3CC[NH+](C)CC3)nc(N)c2[N+](=O)[O-])cc1. The van der Waals surface area contributed by atoms with Crippen molar-refractivity contribution < 1.29 is 14.6 Å². The number of benzene rings is 1. The van der Waals surface area contributed by atoms with Gasteiger partial charge in [0.05, 0.1) is 45.3 Å². The molecule has 2 heterocycles. The first-order valence-electron chi connectivity index (χ1n) is 8.27. The number of nitro groups is 1. The number of nitrogen functional groups attached to an aromatic ring is 1. The number of ether oxygens (including phenoxy) is 1. The number of rotatable bonds is 5. The van der Waals surface area contributed by atoms with Gasteiger partial charge in [-0.25, -0.2) is 0 Å². The second-order valence-electron chi connectivity index (χ2n) is 6.16. The fourth-order valence-corrected chi connectivity index (χ4v) is 2.77. The van der Waals surface area contributed by atoms with Crippen LogP contribution in [-0.2, 0) is 0 Å². The molecule has 2 aromatic rings. The van der Waals surface area contributed by atoms with E-state index in [4.69, 9.17) is 10.5 Å². The Bertz CT molecular complexity index is 789. The molecule has 10 nitrogen and oxygen atoms in total. The Kier molecular flexibility index (Phi) is 5.03. The molecule has 1 saturated heterocycles. The van der Waals surface area contributed by atoms with Crippen LogP contribution in [-0.4, -0.2) is 55.2 Å². The van der Waals surface area contributed by atoms with Crippen LogP contribution in [0, 0.1) is 10.1 Å². The van der Waals surface area contributed by atoms with E-state index in [1.807, 2.05) is 4.90 Å². The summed E-state index contributed by atoms with van der Waals surface area (Å²) < 4.78 is 5.12. The third kappa shape index (κ3) is 3.75. The summed E-state index contributed by atoms with van der Waals surface area (Å²) in [7, 11) is 3.70. The van der Waals surface area contributed by atoms with Crippen molar-refractivity contribution in [2.24, 2.45) is 0 Å². The lowest BCUT2D eigenvalue weighted by Crippen LogP contribution is -3.12. The molecular weight excluding hydrogens is 338 g/mol. The maximum Gasteiger partial charge on any atom is 0.353 e. The second-order valence-corrected chi connectivity index (χ2v) is 6.16. The van der Waals surface area contributed by atoms with Gasteiger partial charge in [-0.15, -0.1) is 0 Å². The quantitative estimate of drug-likeness (QED) is 0.505. The number of hydrogen-bond donors (Lipinski definition) is 3. The highest BCUT2D eigenvalue weighted by atomic mass is 16.6. The molecule has 1 aromatic heterocycles. The Balaban J connectivity index is 1.93. The van der Waals surface area contributed by atoms with E-state index in [1.54, 1.807) is 31.4 Å². The predicted molar refractivity (Wildman–Crippen MR) is 98.2 cm³/mol. The molecular formula is C16H22N7O3+. The van der Waals surface area contributed by atoms with Crippen molar-refractivity contribution in [2.45, 2.75) is 0 Å². The topological polar surface area (TPSA) is 124 Å². The molecule has 0 unspecified atom stereocenters. The summed E-state index contributed by atoms with van der Waals surface area (Å²) in [6, 6.07) is 7.01. The van der Waals surface area contributed by atoms with Gasteiger partial charge in [-0.1, -0.05) is 0 Å². The molecule has 1 fully saturated rings. The average molecular weight is 360 g/mol. The van der Waals surface area contributed by atoms with Gasteiger partial charge < -0.3 is 25.6 Å². The van der Waals surface area contributed by atoms with Crippen LogP contribution in [0.1, 0.15) is 0 Å². The molecule has 4 N–H and O–H groups in total. The third-order valence-corrected chi connectivity index (χ3v) is 4.33. The molecule has 138 valence electrons. The number of methoxy groups -OCH3 is 1. The summed E-state index contributed by atoms with van der Waals surface area (Å²) in [5.74, 6) is 1.01. The number of piperazine rings is 1. The van der Waals surface area contributed by atoms with Crippen molar-refractivity contribution in [3.8, 4) is 5.75 Å². The number of anilines is 4. The summed E-state index contributed by atoms with van der Waals surface area (Å²) in [6.07, 6.45) is 0. The van der Waals surface area contributed by atoms with E-state index in [2.05, 4.69) is 22.3 Å². The lowest BCUT2D eigenvalue weighted by molar-refractivity contribution is -0.880. The van der Waals surface area contributed by atoms with E-state index in [1.165, 1.54) is 4.90 Å². The van der Waals surface area contributed by atoms with Gasteiger partial charge in [0.15, 0.2) is 0 Å². The Labute approximate surface area is 150 Å². The van der Waals surface area contributed by atoms with Crippen LogP contribution in [0.3, 0.4) is 0 Å². The highest BCUT2D eigenvalue weighted by Crippen LogP contribution is 2.32.